The number of rotatable bonds is 13. The smallest absolute Gasteiger partial charge is 0.341 e. The van der Waals surface area contributed by atoms with Crippen LogP contribution in [0.25, 0.3) is 0 Å². The van der Waals surface area contributed by atoms with E-state index in [0.29, 0.717) is 55.0 Å². The van der Waals surface area contributed by atoms with Crippen molar-refractivity contribution in [2.75, 3.05) is 46.6 Å². The van der Waals surface area contributed by atoms with Crippen LogP contribution >= 0.6 is 0 Å². The molecule has 4 aromatic rings. The van der Waals surface area contributed by atoms with E-state index in [4.69, 9.17) is 4.98 Å². The number of hydrogen-bond donors (Lipinski definition) is 7. The Kier molecular flexibility index (Phi) is 12.0. The van der Waals surface area contributed by atoms with Gasteiger partial charge in [0.25, 0.3) is 5.91 Å². The summed E-state index contributed by atoms with van der Waals surface area (Å²) in [6, 6.07) is 11.8. The maximum absolute atomic E-state index is 13.1. The number of carbonyl (C=O) groups is 2. The highest BCUT2D eigenvalue weighted by molar-refractivity contribution is 5.98. The van der Waals surface area contributed by atoms with Crippen LogP contribution in [0.15, 0.2) is 48.8 Å². The van der Waals surface area contributed by atoms with Crippen molar-refractivity contribution in [2.45, 2.75) is 90.8 Å². The molecule has 0 radical (unpaired) electrons. The van der Waals surface area contributed by atoms with Crippen LogP contribution in [-0.4, -0.2) is 90.6 Å². The fourth-order valence-corrected chi connectivity index (χ4v) is 8.71. The lowest BCUT2D eigenvalue weighted by molar-refractivity contribution is 0.0696. The van der Waals surface area contributed by atoms with E-state index in [1.807, 2.05) is 50.2 Å². The minimum Gasteiger partial charge on any atom is -0.477 e. The van der Waals surface area contributed by atoms with Crippen LogP contribution in [0.3, 0.4) is 0 Å². The van der Waals surface area contributed by atoms with Gasteiger partial charge in [-0.05, 0) is 109 Å². The van der Waals surface area contributed by atoms with Gasteiger partial charge in [0, 0.05) is 57.7 Å². The second-order valence-corrected chi connectivity index (χ2v) is 17.0. The van der Waals surface area contributed by atoms with E-state index in [1.54, 1.807) is 6.20 Å². The molecule has 4 atom stereocenters. The third-order valence-electron chi connectivity index (χ3n) is 12.7. The van der Waals surface area contributed by atoms with Crippen LogP contribution in [0.4, 0.5) is 23.5 Å². The maximum atomic E-state index is 13.1. The molecular weight excluding hydrogens is 751 g/mol. The van der Waals surface area contributed by atoms with E-state index in [0.717, 1.165) is 96.1 Å². The Morgan fingerprint density at radius 3 is 1.59 bits per heavy atom. The number of aryl methyl sites for hydroxylation is 2. The summed E-state index contributed by atoms with van der Waals surface area (Å²) in [5.74, 6) is 3.96. The lowest BCUT2D eigenvalue weighted by atomic mass is 9.93. The molecule has 4 unspecified atom stereocenters. The van der Waals surface area contributed by atoms with Crippen molar-refractivity contribution in [2.24, 2.45) is 23.7 Å². The maximum Gasteiger partial charge on any atom is 0.341 e. The van der Waals surface area contributed by atoms with E-state index in [1.165, 1.54) is 19.0 Å². The van der Waals surface area contributed by atoms with Gasteiger partial charge in [0.15, 0.2) is 0 Å². The lowest BCUT2D eigenvalue weighted by Crippen LogP contribution is -2.39. The normalized spacial score (nSPS) is 23.7. The highest BCUT2D eigenvalue weighted by atomic mass is 16.4. The third kappa shape index (κ3) is 9.58. The van der Waals surface area contributed by atoms with Crippen molar-refractivity contribution in [1.82, 2.24) is 25.3 Å². The van der Waals surface area contributed by atoms with E-state index in [9.17, 15) is 30.0 Å². The number of aromatic carboxylic acids is 1. The molecule has 2 aromatic carbocycles. The summed E-state index contributed by atoms with van der Waals surface area (Å²) in [6.45, 7) is 8.82. The lowest BCUT2D eigenvalue weighted by Gasteiger charge is -2.26. The first-order valence-electron chi connectivity index (χ1n) is 20.9. The zero-order chi connectivity index (χ0) is 41.2. The molecule has 0 spiro atoms. The molecule has 3 aliphatic carbocycles. The number of piperidine rings is 2. The Bertz CT molecular complexity index is 2160. The monoisotopic (exact) mass is 805 g/mol. The molecule has 15 heteroatoms. The number of aliphatic hydroxyl groups excluding tert-OH is 3. The highest BCUT2D eigenvalue weighted by Crippen LogP contribution is 2.46. The zero-order valence-corrected chi connectivity index (χ0v) is 33.8. The second-order valence-electron chi connectivity index (χ2n) is 17.0. The van der Waals surface area contributed by atoms with Crippen molar-refractivity contribution >= 4 is 35.4 Å². The van der Waals surface area contributed by atoms with E-state index >= 15 is 0 Å². The largest absolute Gasteiger partial charge is 0.477 e. The fourth-order valence-electron chi connectivity index (χ4n) is 8.71. The van der Waals surface area contributed by atoms with Crippen molar-refractivity contribution in [3.63, 3.8) is 0 Å². The average Bonchev–Trinajstić information content (AvgIpc) is 4.08. The molecule has 3 saturated carbocycles. The van der Waals surface area contributed by atoms with Gasteiger partial charge in [0.2, 0.25) is 11.9 Å². The number of carboxylic acid groups (broad SMARTS) is 1. The van der Waals surface area contributed by atoms with Gasteiger partial charge in [0.05, 0.1) is 19.3 Å². The summed E-state index contributed by atoms with van der Waals surface area (Å²) in [7, 11) is 0. The van der Waals surface area contributed by atoms with Gasteiger partial charge in [0.1, 0.15) is 22.8 Å². The van der Waals surface area contributed by atoms with Gasteiger partial charge in [-0.15, -0.1) is 0 Å². The number of nitrogens with one attached hydrogen (secondary N) is 3. The van der Waals surface area contributed by atoms with E-state index < -0.39 is 5.97 Å². The number of carbonyl (C=O) groups excluding carboxylic acids is 1. The number of aliphatic hydroxyl groups is 3. The molecule has 2 saturated heterocycles. The number of nitrogens with zero attached hydrogens (tertiary/aromatic N) is 6. The molecule has 5 fully saturated rings. The second kappa shape index (κ2) is 17.5. The molecule has 5 aliphatic rings. The average molecular weight is 806 g/mol. The van der Waals surface area contributed by atoms with E-state index in [2.05, 4.69) is 40.7 Å². The first-order chi connectivity index (χ1) is 28.5. The molecule has 312 valence electrons. The number of amides is 1. The summed E-state index contributed by atoms with van der Waals surface area (Å²) in [5, 5.41) is 47.5. The van der Waals surface area contributed by atoms with Crippen LogP contribution in [0.5, 0.6) is 0 Å². The van der Waals surface area contributed by atoms with Gasteiger partial charge < -0.3 is 46.2 Å². The molecule has 9 rings (SSSR count). The van der Waals surface area contributed by atoms with Crippen molar-refractivity contribution in [3.8, 4) is 0 Å². The first kappa shape index (κ1) is 40.4. The summed E-state index contributed by atoms with van der Waals surface area (Å²) in [5.41, 5.74) is 6.40. The van der Waals surface area contributed by atoms with Crippen LogP contribution < -0.4 is 25.8 Å². The Labute approximate surface area is 344 Å². The minimum atomic E-state index is -1.05. The summed E-state index contributed by atoms with van der Waals surface area (Å²) in [6.07, 6.45) is 8.35. The van der Waals surface area contributed by atoms with Crippen LogP contribution in [0.2, 0.25) is 0 Å². The predicted octanol–water partition coefficient (Wildman–Crippen LogP) is 4.42. The Balaban J connectivity index is 0.000000169. The number of anilines is 4. The van der Waals surface area contributed by atoms with Crippen molar-refractivity contribution in [1.29, 1.82) is 0 Å². The van der Waals surface area contributed by atoms with Crippen LogP contribution in [0, 0.1) is 37.5 Å². The van der Waals surface area contributed by atoms with Crippen molar-refractivity contribution in [3.05, 3.63) is 93.3 Å². The Morgan fingerprint density at radius 1 is 0.695 bits per heavy atom. The molecular formula is C44H55N9O6. The summed E-state index contributed by atoms with van der Waals surface area (Å²) < 4.78 is 0. The Hall–Kier alpha value is -5.38. The zero-order valence-electron chi connectivity index (χ0n) is 33.8. The number of hydrogen-bond acceptors (Lipinski definition) is 13. The SMILES string of the molecule is Cc1cc(CNc2nc(N3CC4CC4C3)ncc2C(=O)NC2CCC(O)CC2)ccc1CO.Cc1cc(CNc2nc(N3CC4CC4C3)ncc2C(=O)O)ccc1CO. The number of carboxylic acids is 1. The van der Waals surface area contributed by atoms with Gasteiger partial charge in [-0.25, -0.2) is 14.8 Å². The quantitative estimate of drug-likeness (QED) is 0.0999. The van der Waals surface area contributed by atoms with Gasteiger partial charge in [-0.3, -0.25) is 4.79 Å². The highest BCUT2D eigenvalue weighted by Gasteiger charge is 2.47. The third-order valence-corrected chi connectivity index (χ3v) is 12.7. The predicted molar refractivity (Wildman–Crippen MR) is 223 cm³/mol. The fraction of sp³-hybridized carbons (Fsp3) is 0.500. The van der Waals surface area contributed by atoms with Crippen molar-refractivity contribution < 1.29 is 30.0 Å². The molecule has 1 amide bonds. The summed E-state index contributed by atoms with van der Waals surface area (Å²) >= 11 is 0. The molecule has 4 heterocycles. The van der Waals surface area contributed by atoms with Crippen LogP contribution in [0.1, 0.15) is 92.6 Å². The number of aromatic nitrogens is 4. The molecule has 2 aromatic heterocycles. The summed E-state index contributed by atoms with van der Waals surface area (Å²) in [4.78, 5) is 47.0. The standard InChI is InChI=1S/C25H33N5O3.C19H22N4O3/c1-15-8-16(2-3-17(15)14-31)10-26-23-22(24(33)28-20-4-6-21(32)7-5-20)11-27-25(29-23)30-12-18-9-19(18)13-30;1-11-4-12(2-3-13(11)10-24)6-20-17-16(18(25)26)7-21-19(22-17)23-8-14-5-15(14)9-23/h2-3,8,11,18-21,31-32H,4-7,9-10,12-14H2,1H3,(H,28,33)(H,26,27,29);2-4,7,14-15,24H,5-6,8-10H2,1H3,(H,25,26)(H,20,21,22). The minimum absolute atomic E-state index is 0.00972. The van der Waals surface area contributed by atoms with E-state index in [-0.39, 0.29) is 36.8 Å². The molecule has 59 heavy (non-hydrogen) atoms. The van der Waals surface area contributed by atoms with Crippen LogP contribution in [-0.2, 0) is 26.3 Å². The van der Waals surface area contributed by atoms with Gasteiger partial charge >= 0.3 is 5.97 Å². The molecule has 7 N–H and O–H groups in total. The van der Waals surface area contributed by atoms with Gasteiger partial charge in [-0.1, -0.05) is 36.4 Å². The van der Waals surface area contributed by atoms with Gasteiger partial charge in [-0.2, -0.15) is 9.97 Å². The topological polar surface area (TPSA) is 209 Å². The first-order valence-corrected chi connectivity index (χ1v) is 20.9. The number of benzene rings is 2. The molecule has 15 nitrogen and oxygen atoms in total. The number of fused-ring (bicyclic) bond motifs is 2. The molecule has 0 bridgehead atoms. The molecule has 2 aliphatic heterocycles. The Morgan fingerprint density at radius 2 is 1.15 bits per heavy atom.